The Balaban J connectivity index is 1.36. The van der Waals surface area contributed by atoms with Gasteiger partial charge in [0.1, 0.15) is 17.4 Å². The molecule has 0 fully saturated rings. The molecule has 0 spiro atoms. The number of ether oxygens (including phenoxy) is 2. The first-order valence-corrected chi connectivity index (χ1v) is 18.1. The number of aromatic nitrogens is 3. The minimum atomic E-state index is -0.418. The molecule has 0 saturated carbocycles. The molecule has 7 rings (SSSR count). The maximum absolute atomic E-state index is 15.1. The fourth-order valence-electron chi connectivity index (χ4n) is 8.21. The number of carbonyl (C=O) groups excluding carboxylic acids is 2. The zero-order chi connectivity index (χ0) is 36.5. The van der Waals surface area contributed by atoms with E-state index in [2.05, 4.69) is 22.5 Å². The lowest BCUT2D eigenvalue weighted by molar-refractivity contribution is -0.142. The summed E-state index contributed by atoms with van der Waals surface area (Å²) in [6.45, 7) is 11.5. The fraction of sp³-hybridized carbons (Fsp3) is 0.375. The van der Waals surface area contributed by atoms with E-state index < -0.39 is 5.92 Å². The average Bonchev–Trinajstić information content (AvgIpc) is 3.71. The summed E-state index contributed by atoms with van der Waals surface area (Å²) >= 11 is 13.5. The molecule has 2 aliphatic rings. The van der Waals surface area contributed by atoms with Crippen LogP contribution >= 0.6 is 23.2 Å². The number of likely N-dealkylation sites (N-methyl/N-ethyl adjacent to an activating group) is 1. The maximum atomic E-state index is 15.1. The molecule has 1 unspecified atom stereocenters. The summed E-state index contributed by atoms with van der Waals surface area (Å²) in [5.74, 6) is -0.0136. The van der Waals surface area contributed by atoms with Crippen LogP contribution in [-0.2, 0) is 23.0 Å². The highest BCUT2D eigenvalue weighted by Crippen LogP contribution is 2.48. The lowest BCUT2D eigenvalue weighted by Crippen LogP contribution is -2.43. The van der Waals surface area contributed by atoms with Crippen LogP contribution in [0.2, 0.25) is 10.0 Å². The third-order valence-corrected chi connectivity index (χ3v) is 11.5. The van der Waals surface area contributed by atoms with Crippen molar-refractivity contribution in [1.82, 2.24) is 14.3 Å². The van der Waals surface area contributed by atoms with Gasteiger partial charge >= 0.3 is 5.97 Å². The molecule has 2 aliphatic heterocycles. The molecule has 0 bridgehead atoms. The molecular formula is C40H43Cl2N5O4. The zero-order valence-electron chi connectivity index (χ0n) is 30.4. The molecule has 2 aromatic heterocycles. The van der Waals surface area contributed by atoms with Gasteiger partial charge in [-0.15, -0.1) is 0 Å². The van der Waals surface area contributed by atoms with Gasteiger partial charge in [-0.05, 0) is 94.0 Å². The van der Waals surface area contributed by atoms with Crippen LogP contribution in [0.5, 0.6) is 5.75 Å². The van der Waals surface area contributed by atoms with Crippen LogP contribution in [-0.4, -0.2) is 60.1 Å². The summed E-state index contributed by atoms with van der Waals surface area (Å²) in [5.41, 5.74) is 10.8. The lowest BCUT2D eigenvalue weighted by atomic mass is 9.98. The van der Waals surface area contributed by atoms with E-state index in [-0.39, 0.29) is 17.9 Å². The van der Waals surface area contributed by atoms with Gasteiger partial charge in [0.2, 0.25) is 0 Å². The van der Waals surface area contributed by atoms with Crippen LogP contribution in [0.4, 0.5) is 11.4 Å². The second kappa shape index (κ2) is 13.3. The maximum Gasteiger partial charge on any atom is 0.315 e. The van der Waals surface area contributed by atoms with Crippen LogP contribution in [0.25, 0.3) is 22.0 Å². The first-order valence-electron chi connectivity index (χ1n) is 17.3. The Bertz CT molecular complexity index is 2210. The van der Waals surface area contributed by atoms with E-state index in [1.165, 1.54) is 7.11 Å². The zero-order valence-corrected chi connectivity index (χ0v) is 31.9. The van der Waals surface area contributed by atoms with Crippen molar-refractivity contribution in [3.05, 3.63) is 91.8 Å². The summed E-state index contributed by atoms with van der Waals surface area (Å²) < 4.78 is 15.4. The number of halogens is 2. The number of benzene rings is 3. The Hall–Kier alpha value is -4.47. The quantitative estimate of drug-likeness (QED) is 0.118. The summed E-state index contributed by atoms with van der Waals surface area (Å²) in [4.78, 5) is 31.8. The molecule has 51 heavy (non-hydrogen) atoms. The molecule has 266 valence electrons. The van der Waals surface area contributed by atoms with Crippen molar-refractivity contribution in [2.75, 3.05) is 43.7 Å². The van der Waals surface area contributed by atoms with Gasteiger partial charge in [0.05, 0.1) is 41.3 Å². The van der Waals surface area contributed by atoms with Crippen molar-refractivity contribution in [1.29, 1.82) is 0 Å². The summed E-state index contributed by atoms with van der Waals surface area (Å²) in [7, 11) is 5.31. The van der Waals surface area contributed by atoms with Crippen LogP contribution in [0.15, 0.2) is 42.5 Å². The molecule has 11 heteroatoms. The smallest absolute Gasteiger partial charge is 0.315 e. The Morgan fingerprint density at radius 1 is 1.00 bits per heavy atom. The van der Waals surface area contributed by atoms with Crippen LogP contribution in [0, 0.1) is 27.7 Å². The summed E-state index contributed by atoms with van der Waals surface area (Å²) in [6, 6.07) is 13.7. The van der Waals surface area contributed by atoms with E-state index in [4.69, 9.17) is 37.8 Å². The largest absolute Gasteiger partial charge is 0.494 e. The molecule has 1 amide bonds. The minimum Gasteiger partial charge on any atom is -0.494 e. The summed E-state index contributed by atoms with van der Waals surface area (Å²) in [6.07, 6.45) is 1.29. The third-order valence-electron chi connectivity index (χ3n) is 10.6. The van der Waals surface area contributed by atoms with Gasteiger partial charge < -0.3 is 23.8 Å². The fourth-order valence-corrected chi connectivity index (χ4v) is 8.56. The Morgan fingerprint density at radius 3 is 2.39 bits per heavy atom. The van der Waals surface area contributed by atoms with E-state index >= 15 is 4.79 Å². The van der Waals surface area contributed by atoms with Crippen molar-refractivity contribution >= 4 is 57.4 Å². The molecule has 3 aromatic carbocycles. The van der Waals surface area contributed by atoms with E-state index in [1.54, 1.807) is 0 Å². The Labute approximate surface area is 308 Å². The number of nitrogens with zero attached hydrogens (tertiary/aromatic N) is 5. The Morgan fingerprint density at radius 2 is 1.73 bits per heavy atom. The highest BCUT2D eigenvalue weighted by atomic mass is 35.5. The standard InChI is InChI=1S/C40H43Cl2N5O4/c1-21-17-26(18-22(2)35(21)42)51-16-10-12-27-29-14-15-31(41)34(33-24(4)43-45(7)25(33)5)37(29)47-23(3)19-46(39(48)38(27)47)32-13-9-11-28-30(40(49)50-8)20-44(6)36(28)32/h9,11,13-15,17-18,23,30H,10,12,16,19-20H2,1-8H3/t23-,30?/m1/s1. The van der Waals surface area contributed by atoms with Gasteiger partial charge in [0, 0.05) is 60.5 Å². The number of aryl methyl sites for hydroxylation is 5. The van der Waals surface area contributed by atoms with E-state index in [9.17, 15) is 4.79 Å². The number of para-hydroxylation sites is 1. The number of anilines is 2. The van der Waals surface area contributed by atoms with Crippen LogP contribution < -0.4 is 14.5 Å². The predicted molar refractivity (Wildman–Crippen MR) is 204 cm³/mol. The van der Waals surface area contributed by atoms with Gasteiger partial charge in [-0.25, -0.2) is 0 Å². The lowest BCUT2D eigenvalue weighted by Gasteiger charge is -2.36. The number of hydrogen-bond donors (Lipinski definition) is 0. The third kappa shape index (κ3) is 5.65. The number of hydrogen-bond acceptors (Lipinski definition) is 6. The number of carbonyl (C=O) groups is 2. The number of fused-ring (bicyclic) bond motifs is 4. The molecule has 5 aromatic rings. The normalized spacial score (nSPS) is 16.9. The number of methoxy groups -OCH3 is 1. The van der Waals surface area contributed by atoms with Crippen molar-refractivity contribution in [3.63, 3.8) is 0 Å². The van der Waals surface area contributed by atoms with Crippen molar-refractivity contribution in [3.8, 4) is 16.9 Å². The van der Waals surface area contributed by atoms with Gasteiger partial charge in [-0.2, -0.15) is 5.10 Å². The first-order chi connectivity index (χ1) is 24.3. The van der Waals surface area contributed by atoms with Gasteiger partial charge in [-0.1, -0.05) is 41.4 Å². The van der Waals surface area contributed by atoms with Crippen LogP contribution in [0.1, 0.15) is 69.4 Å². The Kier molecular flexibility index (Phi) is 9.08. The van der Waals surface area contributed by atoms with Crippen molar-refractivity contribution in [2.45, 2.75) is 59.4 Å². The van der Waals surface area contributed by atoms with Gasteiger partial charge in [-0.3, -0.25) is 14.3 Å². The van der Waals surface area contributed by atoms with E-state index in [0.717, 1.165) is 77.8 Å². The summed E-state index contributed by atoms with van der Waals surface area (Å²) in [5, 5.41) is 7.08. The van der Waals surface area contributed by atoms with Crippen molar-refractivity contribution < 1.29 is 19.1 Å². The molecule has 0 saturated heterocycles. The van der Waals surface area contributed by atoms with Gasteiger partial charge in [0.25, 0.3) is 5.91 Å². The second-order valence-electron chi connectivity index (χ2n) is 13.9. The van der Waals surface area contributed by atoms with Gasteiger partial charge in [0.15, 0.2) is 0 Å². The number of esters is 1. The molecule has 0 N–H and O–H groups in total. The minimum absolute atomic E-state index is 0.0887. The van der Waals surface area contributed by atoms with Crippen molar-refractivity contribution in [2.24, 2.45) is 7.05 Å². The SMILES string of the molecule is COC(=O)C1CN(C)c2c1cccc2N1C[C@@H](C)n2c(c(CCCOc3cc(C)c(Cl)c(C)c3)c3ccc(Cl)c(-c4c(C)nn(C)c4C)c32)C1=O. The van der Waals surface area contributed by atoms with E-state index in [0.29, 0.717) is 43.3 Å². The first kappa shape index (κ1) is 35.0. The highest BCUT2D eigenvalue weighted by Gasteiger charge is 2.41. The molecular weight excluding hydrogens is 685 g/mol. The monoisotopic (exact) mass is 727 g/mol. The average molecular weight is 729 g/mol. The molecule has 2 atom stereocenters. The molecule has 4 heterocycles. The molecule has 9 nitrogen and oxygen atoms in total. The topological polar surface area (TPSA) is 81.8 Å². The molecule has 0 aliphatic carbocycles. The van der Waals surface area contributed by atoms with E-state index in [1.807, 2.05) is 87.8 Å². The number of amides is 1. The second-order valence-corrected chi connectivity index (χ2v) is 14.7. The van der Waals surface area contributed by atoms with Crippen LogP contribution in [0.3, 0.4) is 0 Å². The molecule has 0 radical (unpaired) electrons. The predicted octanol–water partition coefficient (Wildman–Crippen LogP) is 8.52. The highest BCUT2D eigenvalue weighted by molar-refractivity contribution is 6.35. The number of rotatable bonds is 8.